The molecule has 0 bridgehead atoms. The summed E-state index contributed by atoms with van der Waals surface area (Å²) in [5, 5.41) is 3.27. The molecule has 0 radical (unpaired) electrons. The fourth-order valence-electron chi connectivity index (χ4n) is 3.93. The van der Waals surface area contributed by atoms with Gasteiger partial charge < -0.3 is 15.0 Å². The summed E-state index contributed by atoms with van der Waals surface area (Å²) in [6.45, 7) is 4.86. The summed E-state index contributed by atoms with van der Waals surface area (Å²) in [6.07, 6.45) is 0.709. The summed E-state index contributed by atoms with van der Waals surface area (Å²) in [5.74, 6) is -0.365. The molecule has 11 heteroatoms. The van der Waals surface area contributed by atoms with Crippen molar-refractivity contribution in [2.24, 2.45) is 0 Å². The molecule has 3 rings (SSSR count). The van der Waals surface area contributed by atoms with Crippen molar-refractivity contribution in [1.82, 2.24) is 10.2 Å². The molecule has 0 aromatic heterocycles. The van der Waals surface area contributed by atoms with Crippen LogP contribution in [-0.2, 0) is 26.2 Å². The van der Waals surface area contributed by atoms with E-state index in [0.717, 1.165) is 4.31 Å². The first-order chi connectivity index (χ1) is 19.0. The maximum Gasteiger partial charge on any atom is 0.264 e. The van der Waals surface area contributed by atoms with Gasteiger partial charge >= 0.3 is 0 Å². The molecule has 0 aliphatic carbocycles. The van der Waals surface area contributed by atoms with Crippen molar-refractivity contribution in [1.29, 1.82) is 0 Å². The van der Waals surface area contributed by atoms with Crippen LogP contribution in [0.15, 0.2) is 77.7 Å². The van der Waals surface area contributed by atoms with Gasteiger partial charge in [-0.1, -0.05) is 60.5 Å². The fourth-order valence-corrected chi connectivity index (χ4v) is 5.95. The Morgan fingerprint density at radius 3 is 2.30 bits per heavy atom. The van der Waals surface area contributed by atoms with E-state index in [4.69, 9.17) is 27.9 Å². The highest BCUT2D eigenvalue weighted by Gasteiger charge is 2.33. The first-order valence-electron chi connectivity index (χ1n) is 12.7. The minimum atomic E-state index is -4.23. The van der Waals surface area contributed by atoms with Crippen molar-refractivity contribution >= 4 is 50.7 Å². The molecular formula is C29H33Cl2N3O5S. The van der Waals surface area contributed by atoms with Crippen LogP contribution in [0.2, 0.25) is 10.0 Å². The van der Waals surface area contributed by atoms with Gasteiger partial charge in [0, 0.05) is 17.6 Å². The molecule has 214 valence electrons. The second-order valence-corrected chi connectivity index (χ2v) is 12.0. The third-order valence-corrected chi connectivity index (χ3v) is 8.76. The molecule has 0 unspecified atom stereocenters. The molecule has 0 saturated heterocycles. The molecule has 0 spiro atoms. The molecule has 3 aromatic carbocycles. The number of amides is 2. The predicted molar refractivity (Wildman–Crippen MR) is 158 cm³/mol. The van der Waals surface area contributed by atoms with Gasteiger partial charge in [-0.15, -0.1) is 0 Å². The molecular weight excluding hydrogens is 573 g/mol. The number of anilines is 1. The molecule has 8 nitrogen and oxygen atoms in total. The van der Waals surface area contributed by atoms with Gasteiger partial charge in [-0.05, 0) is 68.3 Å². The number of halogens is 2. The van der Waals surface area contributed by atoms with Crippen molar-refractivity contribution < 1.29 is 22.7 Å². The molecule has 0 aliphatic rings. The van der Waals surface area contributed by atoms with Gasteiger partial charge in [-0.3, -0.25) is 13.9 Å². The number of methoxy groups -OCH3 is 1. The topological polar surface area (TPSA) is 96.0 Å². The SMILES string of the molecule is CC[C@@H](C)NC(=O)[C@H](C)N(Cc1cccc(OC)c1)C(=O)CN(c1ccc(Cl)cc1Cl)S(=O)(=O)c1ccccc1. The van der Waals surface area contributed by atoms with E-state index in [1.807, 2.05) is 13.8 Å². The van der Waals surface area contributed by atoms with E-state index in [1.54, 1.807) is 49.4 Å². The highest BCUT2D eigenvalue weighted by atomic mass is 35.5. The van der Waals surface area contributed by atoms with Gasteiger partial charge in [0.05, 0.1) is 22.7 Å². The lowest BCUT2D eigenvalue weighted by Gasteiger charge is -2.32. The van der Waals surface area contributed by atoms with E-state index >= 15 is 0 Å². The maximum absolute atomic E-state index is 14.0. The van der Waals surface area contributed by atoms with Crippen molar-refractivity contribution in [2.45, 2.75) is 50.7 Å². The standard InChI is InChI=1S/C29H33Cl2N3O5S/c1-5-20(2)32-29(36)21(3)33(18-22-10-9-11-24(16-22)39-4)28(35)19-34(27-15-14-23(30)17-26(27)31)40(37,38)25-12-7-6-8-13-25/h6-17,20-21H,5,18-19H2,1-4H3,(H,32,36)/t20-,21+/m1/s1. The number of nitrogens with one attached hydrogen (secondary N) is 1. The lowest BCUT2D eigenvalue weighted by molar-refractivity contribution is -0.139. The molecule has 40 heavy (non-hydrogen) atoms. The second-order valence-electron chi connectivity index (χ2n) is 9.29. The Balaban J connectivity index is 2.05. The Bertz CT molecular complexity index is 1440. The third-order valence-electron chi connectivity index (χ3n) is 6.44. The van der Waals surface area contributed by atoms with Crippen molar-refractivity contribution in [3.8, 4) is 5.75 Å². The zero-order valence-corrected chi connectivity index (χ0v) is 25.1. The average Bonchev–Trinajstić information content (AvgIpc) is 2.94. The Kier molecular flexibility index (Phi) is 10.8. The number of carbonyl (C=O) groups is 2. The van der Waals surface area contributed by atoms with Crippen LogP contribution in [0.4, 0.5) is 5.69 Å². The van der Waals surface area contributed by atoms with Crippen LogP contribution in [0.25, 0.3) is 0 Å². The van der Waals surface area contributed by atoms with Crippen LogP contribution in [-0.4, -0.2) is 50.9 Å². The lowest BCUT2D eigenvalue weighted by atomic mass is 10.1. The van der Waals surface area contributed by atoms with Gasteiger partial charge in [0.15, 0.2) is 0 Å². The Labute approximate surface area is 245 Å². The van der Waals surface area contributed by atoms with Gasteiger partial charge in [0.1, 0.15) is 18.3 Å². The van der Waals surface area contributed by atoms with E-state index < -0.39 is 28.5 Å². The van der Waals surface area contributed by atoms with E-state index in [-0.39, 0.29) is 34.1 Å². The zero-order valence-electron chi connectivity index (χ0n) is 22.8. The molecule has 2 amide bonds. The highest BCUT2D eigenvalue weighted by molar-refractivity contribution is 7.92. The largest absolute Gasteiger partial charge is 0.497 e. The number of nitrogens with zero attached hydrogens (tertiary/aromatic N) is 2. The normalized spacial score (nSPS) is 12.8. The smallest absolute Gasteiger partial charge is 0.264 e. The van der Waals surface area contributed by atoms with Gasteiger partial charge in [-0.2, -0.15) is 0 Å². The second kappa shape index (κ2) is 13.9. The van der Waals surface area contributed by atoms with Crippen LogP contribution >= 0.6 is 23.2 Å². The Morgan fingerprint density at radius 1 is 0.975 bits per heavy atom. The highest BCUT2D eigenvalue weighted by Crippen LogP contribution is 2.33. The minimum absolute atomic E-state index is 0.0178. The number of benzene rings is 3. The first-order valence-corrected chi connectivity index (χ1v) is 14.9. The molecule has 0 fully saturated rings. The molecule has 0 saturated carbocycles. The quantitative estimate of drug-likeness (QED) is 0.293. The summed E-state index contributed by atoms with van der Waals surface area (Å²) in [5.41, 5.74) is 0.791. The summed E-state index contributed by atoms with van der Waals surface area (Å²) in [7, 11) is -2.70. The van der Waals surface area contributed by atoms with Crippen molar-refractivity contribution in [3.05, 3.63) is 88.4 Å². The summed E-state index contributed by atoms with van der Waals surface area (Å²) >= 11 is 12.5. The first kappa shape index (κ1) is 31.3. The molecule has 0 aliphatic heterocycles. The van der Waals surface area contributed by atoms with Gasteiger partial charge in [-0.25, -0.2) is 8.42 Å². The molecule has 1 N–H and O–H groups in total. The minimum Gasteiger partial charge on any atom is -0.497 e. The fraction of sp³-hybridized carbons (Fsp3) is 0.310. The molecule has 3 aromatic rings. The van der Waals surface area contributed by atoms with Crippen LogP contribution in [0, 0.1) is 0 Å². The summed E-state index contributed by atoms with van der Waals surface area (Å²) < 4.78 is 33.9. The van der Waals surface area contributed by atoms with Gasteiger partial charge in [0.2, 0.25) is 11.8 Å². The van der Waals surface area contributed by atoms with E-state index in [0.29, 0.717) is 22.8 Å². The number of hydrogen-bond acceptors (Lipinski definition) is 5. The van der Waals surface area contributed by atoms with E-state index in [1.165, 1.54) is 42.3 Å². The number of sulfonamides is 1. The number of rotatable bonds is 12. The van der Waals surface area contributed by atoms with Crippen molar-refractivity contribution in [2.75, 3.05) is 18.0 Å². The van der Waals surface area contributed by atoms with Crippen LogP contribution in [0.1, 0.15) is 32.8 Å². The zero-order chi connectivity index (χ0) is 29.4. The molecule has 2 atom stereocenters. The average molecular weight is 607 g/mol. The number of carbonyl (C=O) groups excluding carboxylic acids is 2. The number of ether oxygens (including phenoxy) is 1. The maximum atomic E-state index is 14.0. The molecule has 0 heterocycles. The summed E-state index contributed by atoms with van der Waals surface area (Å²) in [4.78, 5) is 28.5. The van der Waals surface area contributed by atoms with Crippen LogP contribution in [0.5, 0.6) is 5.75 Å². The van der Waals surface area contributed by atoms with Gasteiger partial charge in [0.25, 0.3) is 10.0 Å². The lowest BCUT2D eigenvalue weighted by Crippen LogP contribution is -2.52. The Morgan fingerprint density at radius 2 is 1.68 bits per heavy atom. The van der Waals surface area contributed by atoms with E-state index in [2.05, 4.69) is 5.32 Å². The Hall–Kier alpha value is -3.27. The van der Waals surface area contributed by atoms with Crippen LogP contribution in [0.3, 0.4) is 0 Å². The van der Waals surface area contributed by atoms with E-state index in [9.17, 15) is 18.0 Å². The monoisotopic (exact) mass is 605 g/mol. The summed E-state index contributed by atoms with van der Waals surface area (Å²) in [6, 6.07) is 18.2. The number of hydrogen-bond donors (Lipinski definition) is 1. The third kappa shape index (κ3) is 7.68. The predicted octanol–water partition coefficient (Wildman–Crippen LogP) is 5.53. The van der Waals surface area contributed by atoms with Crippen molar-refractivity contribution in [3.63, 3.8) is 0 Å². The van der Waals surface area contributed by atoms with Crippen LogP contribution < -0.4 is 14.4 Å².